The van der Waals surface area contributed by atoms with Crippen LogP contribution in [0.5, 0.6) is 0 Å². The number of carbonyl (C=O) groups excluding carboxylic acids is 1. The van der Waals surface area contributed by atoms with E-state index in [0.29, 0.717) is 12.3 Å². The normalized spacial score (nSPS) is 26.4. The van der Waals surface area contributed by atoms with Crippen molar-refractivity contribution in [2.45, 2.75) is 19.3 Å². The van der Waals surface area contributed by atoms with Crippen LogP contribution in [0.15, 0.2) is 0 Å². The molecule has 1 aliphatic heterocycles. The van der Waals surface area contributed by atoms with Gasteiger partial charge in [-0.2, -0.15) is 0 Å². The molecule has 0 aromatic rings. The highest BCUT2D eigenvalue weighted by molar-refractivity contribution is 5.49. The average Bonchev–Trinajstić information content (AvgIpc) is 2.34. The standard InChI is InChI=1S/C7H12O2/c8-4-1-2-7-3-5-9-6-7/h4,7H,1-3,5-6H2/t7-/m0/s1. The van der Waals surface area contributed by atoms with E-state index < -0.39 is 0 Å². The first-order valence-electron chi connectivity index (χ1n) is 3.45. The van der Waals surface area contributed by atoms with E-state index in [1.54, 1.807) is 0 Å². The Morgan fingerprint density at radius 3 is 3.11 bits per heavy atom. The minimum absolute atomic E-state index is 0.662. The van der Waals surface area contributed by atoms with Crippen LogP contribution in [0.2, 0.25) is 0 Å². The molecule has 52 valence electrons. The molecule has 1 rings (SSSR count). The topological polar surface area (TPSA) is 26.3 Å². The third-order valence-corrected chi connectivity index (χ3v) is 1.72. The summed E-state index contributed by atoms with van der Waals surface area (Å²) < 4.78 is 5.14. The predicted octanol–water partition coefficient (Wildman–Crippen LogP) is 1.00. The molecule has 0 aliphatic carbocycles. The number of ether oxygens (including phenoxy) is 1. The Morgan fingerprint density at radius 1 is 1.67 bits per heavy atom. The van der Waals surface area contributed by atoms with E-state index in [1.165, 1.54) is 0 Å². The van der Waals surface area contributed by atoms with Gasteiger partial charge in [0.1, 0.15) is 6.29 Å². The lowest BCUT2D eigenvalue weighted by atomic mass is 10.0. The molecule has 2 heteroatoms. The summed E-state index contributed by atoms with van der Waals surface area (Å²) in [6.07, 6.45) is 3.85. The van der Waals surface area contributed by atoms with Gasteiger partial charge in [-0.3, -0.25) is 0 Å². The molecular weight excluding hydrogens is 116 g/mol. The summed E-state index contributed by atoms with van der Waals surface area (Å²) in [5.41, 5.74) is 0. The van der Waals surface area contributed by atoms with Crippen LogP contribution in [0.1, 0.15) is 19.3 Å². The van der Waals surface area contributed by atoms with Crippen LogP contribution < -0.4 is 0 Å². The molecule has 9 heavy (non-hydrogen) atoms. The molecule has 1 atom stereocenters. The summed E-state index contributed by atoms with van der Waals surface area (Å²) in [7, 11) is 0. The van der Waals surface area contributed by atoms with E-state index in [4.69, 9.17) is 4.74 Å². The lowest BCUT2D eigenvalue weighted by Crippen LogP contribution is -1.98. The largest absolute Gasteiger partial charge is 0.381 e. The SMILES string of the molecule is O=CCC[C@H]1CCOC1. The van der Waals surface area contributed by atoms with Gasteiger partial charge in [-0.1, -0.05) is 0 Å². The van der Waals surface area contributed by atoms with Gasteiger partial charge in [-0.15, -0.1) is 0 Å². The number of aldehydes is 1. The second kappa shape index (κ2) is 3.62. The molecule has 2 nitrogen and oxygen atoms in total. The summed E-state index contributed by atoms with van der Waals surface area (Å²) in [5.74, 6) is 0.662. The molecule has 0 unspecified atom stereocenters. The molecule has 1 aliphatic rings. The zero-order valence-electron chi connectivity index (χ0n) is 5.51. The van der Waals surface area contributed by atoms with E-state index >= 15 is 0 Å². The Morgan fingerprint density at radius 2 is 2.56 bits per heavy atom. The second-order valence-electron chi connectivity index (χ2n) is 2.47. The summed E-state index contributed by atoms with van der Waals surface area (Å²) in [6, 6.07) is 0. The molecule has 1 saturated heterocycles. The van der Waals surface area contributed by atoms with Crippen molar-refractivity contribution in [1.82, 2.24) is 0 Å². The molecule has 0 bridgehead atoms. The maximum Gasteiger partial charge on any atom is 0.120 e. The van der Waals surface area contributed by atoms with Crippen molar-refractivity contribution in [3.63, 3.8) is 0 Å². The number of carbonyl (C=O) groups is 1. The molecule has 0 N–H and O–H groups in total. The molecule has 0 aromatic heterocycles. The molecule has 1 heterocycles. The van der Waals surface area contributed by atoms with Crippen molar-refractivity contribution in [1.29, 1.82) is 0 Å². The molecule has 0 amide bonds. The summed E-state index contributed by atoms with van der Waals surface area (Å²) in [4.78, 5) is 9.92. The smallest absolute Gasteiger partial charge is 0.120 e. The van der Waals surface area contributed by atoms with Gasteiger partial charge in [0.25, 0.3) is 0 Å². The van der Waals surface area contributed by atoms with Gasteiger partial charge in [0, 0.05) is 19.6 Å². The van der Waals surface area contributed by atoms with Crippen LogP contribution in [-0.2, 0) is 9.53 Å². The van der Waals surface area contributed by atoms with E-state index in [9.17, 15) is 4.79 Å². The zero-order valence-corrected chi connectivity index (χ0v) is 5.51. The van der Waals surface area contributed by atoms with Gasteiger partial charge in [0.2, 0.25) is 0 Å². The maximum atomic E-state index is 9.92. The highest BCUT2D eigenvalue weighted by atomic mass is 16.5. The molecule has 1 fully saturated rings. The summed E-state index contributed by atoms with van der Waals surface area (Å²) >= 11 is 0. The van der Waals surface area contributed by atoms with E-state index in [0.717, 1.165) is 32.3 Å². The Kier molecular flexibility index (Phi) is 2.71. The number of rotatable bonds is 3. The van der Waals surface area contributed by atoms with Crippen molar-refractivity contribution < 1.29 is 9.53 Å². The van der Waals surface area contributed by atoms with Gasteiger partial charge >= 0.3 is 0 Å². The summed E-state index contributed by atoms with van der Waals surface area (Å²) in [6.45, 7) is 1.76. The Balaban J connectivity index is 2.04. The van der Waals surface area contributed by atoms with Crippen molar-refractivity contribution in [3.8, 4) is 0 Å². The van der Waals surface area contributed by atoms with E-state index in [-0.39, 0.29) is 0 Å². The quantitative estimate of drug-likeness (QED) is 0.530. The molecule has 0 aromatic carbocycles. The Hall–Kier alpha value is -0.370. The van der Waals surface area contributed by atoms with E-state index in [2.05, 4.69) is 0 Å². The average molecular weight is 128 g/mol. The van der Waals surface area contributed by atoms with Crippen LogP contribution in [0.3, 0.4) is 0 Å². The third-order valence-electron chi connectivity index (χ3n) is 1.72. The highest BCUT2D eigenvalue weighted by Crippen LogP contribution is 2.16. The monoisotopic (exact) mass is 128 g/mol. The lowest BCUT2D eigenvalue weighted by Gasteiger charge is -2.00. The van der Waals surface area contributed by atoms with Crippen molar-refractivity contribution in [2.24, 2.45) is 5.92 Å². The van der Waals surface area contributed by atoms with E-state index in [1.807, 2.05) is 0 Å². The van der Waals surface area contributed by atoms with Gasteiger partial charge < -0.3 is 9.53 Å². The van der Waals surface area contributed by atoms with Crippen molar-refractivity contribution in [3.05, 3.63) is 0 Å². The van der Waals surface area contributed by atoms with Crippen molar-refractivity contribution >= 4 is 6.29 Å². The number of hydrogen-bond donors (Lipinski definition) is 0. The molecule has 0 saturated carbocycles. The van der Waals surface area contributed by atoms with Crippen LogP contribution in [-0.4, -0.2) is 19.5 Å². The molecule has 0 spiro atoms. The predicted molar refractivity (Wildman–Crippen MR) is 34.2 cm³/mol. The first-order valence-corrected chi connectivity index (χ1v) is 3.45. The Bertz CT molecular complexity index is 84.9. The molecular formula is C7H12O2. The maximum absolute atomic E-state index is 9.92. The first kappa shape index (κ1) is 6.75. The minimum atomic E-state index is 0.662. The third kappa shape index (κ3) is 2.14. The van der Waals surface area contributed by atoms with Crippen molar-refractivity contribution in [2.75, 3.05) is 13.2 Å². The second-order valence-corrected chi connectivity index (χ2v) is 2.47. The fourth-order valence-corrected chi connectivity index (χ4v) is 1.11. The van der Waals surface area contributed by atoms with Crippen LogP contribution in [0.25, 0.3) is 0 Å². The fourth-order valence-electron chi connectivity index (χ4n) is 1.11. The minimum Gasteiger partial charge on any atom is -0.381 e. The van der Waals surface area contributed by atoms with Gasteiger partial charge in [0.05, 0.1) is 0 Å². The van der Waals surface area contributed by atoms with Crippen LogP contribution >= 0.6 is 0 Å². The van der Waals surface area contributed by atoms with Gasteiger partial charge in [-0.25, -0.2) is 0 Å². The first-order chi connectivity index (χ1) is 4.43. The lowest BCUT2D eigenvalue weighted by molar-refractivity contribution is -0.108. The van der Waals surface area contributed by atoms with Crippen LogP contribution in [0.4, 0.5) is 0 Å². The zero-order chi connectivity index (χ0) is 6.53. The summed E-state index contributed by atoms with van der Waals surface area (Å²) in [5, 5.41) is 0. The van der Waals surface area contributed by atoms with Crippen LogP contribution in [0, 0.1) is 5.92 Å². The highest BCUT2D eigenvalue weighted by Gasteiger charge is 2.13. The number of hydrogen-bond acceptors (Lipinski definition) is 2. The Labute approximate surface area is 55.2 Å². The van der Waals surface area contributed by atoms with Gasteiger partial charge in [-0.05, 0) is 18.8 Å². The fraction of sp³-hybridized carbons (Fsp3) is 0.857. The molecule has 0 radical (unpaired) electrons. The van der Waals surface area contributed by atoms with Gasteiger partial charge in [0.15, 0.2) is 0 Å².